The van der Waals surface area contributed by atoms with Crippen LogP contribution in [0, 0.1) is 0 Å². The number of carbonyl (C=O) groups is 1. The molecule has 0 bridgehead atoms. The van der Waals surface area contributed by atoms with Crippen LogP contribution in [-0.4, -0.2) is 47.5 Å². The number of hydrogen-bond donors (Lipinski definition) is 2. The Balaban J connectivity index is 1.48. The van der Waals surface area contributed by atoms with E-state index >= 15 is 0 Å². The number of pyridine rings is 1. The first-order valence-electron chi connectivity index (χ1n) is 9.32. The van der Waals surface area contributed by atoms with E-state index in [0.717, 1.165) is 42.9 Å². The van der Waals surface area contributed by atoms with Crippen molar-refractivity contribution < 1.29 is 4.79 Å². The van der Waals surface area contributed by atoms with Crippen molar-refractivity contribution in [1.29, 1.82) is 0 Å². The van der Waals surface area contributed by atoms with Crippen molar-refractivity contribution in [1.82, 2.24) is 15.2 Å². The predicted molar refractivity (Wildman–Crippen MR) is 106 cm³/mol. The highest BCUT2D eigenvalue weighted by molar-refractivity contribution is 5.78. The Bertz CT molecular complexity index is 707. The molecule has 1 aliphatic heterocycles. The Morgan fingerprint density at radius 1 is 1.08 bits per heavy atom. The van der Waals surface area contributed by atoms with E-state index in [4.69, 9.17) is 0 Å². The van der Waals surface area contributed by atoms with Gasteiger partial charge in [0, 0.05) is 36.9 Å². The smallest absolute Gasteiger partial charge is 0.236 e. The zero-order valence-corrected chi connectivity index (χ0v) is 15.7. The molecule has 0 aliphatic carbocycles. The zero-order valence-electron chi connectivity index (χ0n) is 15.7. The summed E-state index contributed by atoms with van der Waals surface area (Å²) in [6.07, 6.45) is 4.14. The van der Waals surface area contributed by atoms with Crippen LogP contribution in [0.5, 0.6) is 0 Å². The third-order valence-electron chi connectivity index (χ3n) is 4.76. The third kappa shape index (κ3) is 5.05. The third-order valence-corrected chi connectivity index (χ3v) is 4.76. The lowest BCUT2D eigenvalue weighted by Gasteiger charge is -2.28. The van der Waals surface area contributed by atoms with Gasteiger partial charge in [0.05, 0.1) is 6.54 Å². The van der Waals surface area contributed by atoms with Crippen molar-refractivity contribution >= 4 is 11.7 Å². The minimum Gasteiger partial charge on any atom is -0.368 e. The van der Waals surface area contributed by atoms with E-state index in [9.17, 15) is 4.79 Å². The molecule has 5 heteroatoms. The minimum atomic E-state index is -0.199. The first-order valence-corrected chi connectivity index (χ1v) is 9.32. The van der Waals surface area contributed by atoms with Crippen LogP contribution in [-0.2, 0) is 4.79 Å². The van der Waals surface area contributed by atoms with E-state index in [0.29, 0.717) is 13.1 Å². The van der Waals surface area contributed by atoms with Gasteiger partial charge in [-0.15, -0.1) is 0 Å². The van der Waals surface area contributed by atoms with E-state index < -0.39 is 0 Å². The molecule has 138 valence electrons. The van der Waals surface area contributed by atoms with Crippen LogP contribution >= 0.6 is 0 Å². The zero-order chi connectivity index (χ0) is 18.4. The largest absolute Gasteiger partial charge is 0.368 e. The molecule has 1 amide bonds. The van der Waals surface area contributed by atoms with Crippen LogP contribution in [0.2, 0.25) is 0 Å². The van der Waals surface area contributed by atoms with Gasteiger partial charge in [-0.05, 0) is 44.4 Å². The van der Waals surface area contributed by atoms with Gasteiger partial charge in [0.1, 0.15) is 5.82 Å². The lowest BCUT2D eigenvalue weighted by atomic mass is 10.1. The number of aromatic nitrogens is 1. The number of benzene rings is 1. The van der Waals surface area contributed by atoms with E-state index in [1.54, 1.807) is 0 Å². The lowest BCUT2D eigenvalue weighted by molar-refractivity contribution is -0.129. The highest BCUT2D eigenvalue weighted by atomic mass is 16.2. The summed E-state index contributed by atoms with van der Waals surface area (Å²) in [7, 11) is 0. The van der Waals surface area contributed by atoms with Crippen molar-refractivity contribution in [3.05, 3.63) is 48.7 Å². The highest BCUT2D eigenvalue weighted by Crippen LogP contribution is 2.19. The number of amides is 1. The molecule has 0 atom stereocenters. The van der Waals surface area contributed by atoms with Gasteiger partial charge in [-0.1, -0.05) is 30.3 Å². The maximum atomic E-state index is 12.2. The van der Waals surface area contributed by atoms with Gasteiger partial charge >= 0.3 is 0 Å². The average Bonchev–Trinajstić information content (AvgIpc) is 3.21. The fourth-order valence-electron chi connectivity index (χ4n) is 3.07. The maximum absolute atomic E-state index is 12.2. The van der Waals surface area contributed by atoms with Crippen molar-refractivity contribution in [3.63, 3.8) is 0 Å². The van der Waals surface area contributed by atoms with Crippen molar-refractivity contribution in [2.75, 3.05) is 31.5 Å². The molecule has 26 heavy (non-hydrogen) atoms. The molecule has 5 nitrogen and oxygen atoms in total. The summed E-state index contributed by atoms with van der Waals surface area (Å²) in [5.41, 5.74) is 2.06. The Morgan fingerprint density at radius 2 is 1.81 bits per heavy atom. The van der Waals surface area contributed by atoms with E-state index in [1.165, 1.54) is 0 Å². The second-order valence-electron chi connectivity index (χ2n) is 7.48. The van der Waals surface area contributed by atoms with Gasteiger partial charge in [0.2, 0.25) is 5.91 Å². The normalized spacial score (nSPS) is 14.5. The molecule has 0 unspecified atom stereocenters. The molecule has 2 aromatic rings. The molecular weight excluding hydrogens is 324 g/mol. The Labute approximate surface area is 155 Å². The van der Waals surface area contributed by atoms with Gasteiger partial charge in [-0.3, -0.25) is 4.79 Å². The van der Waals surface area contributed by atoms with E-state index in [2.05, 4.69) is 47.7 Å². The summed E-state index contributed by atoms with van der Waals surface area (Å²) in [6, 6.07) is 14.3. The average molecular weight is 352 g/mol. The topological polar surface area (TPSA) is 57.3 Å². The molecule has 0 radical (unpaired) electrons. The fourth-order valence-corrected chi connectivity index (χ4v) is 3.07. The lowest BCUT2D eigenvalue weighted by Crippen LogP contribution is -2.49. The van der Waals surface area contributed by atoms with Crippen LogP contribution in [0.15, 0.2) is 48.7 Å². The summed E-state index contributed by atoms with van der Waals surface area (Å²) >= 11 is 0. The Hall–Kier alpha value is -2.40. The second kappa shape index (κ2) is 8.32. The molecule has 1 aliphatic rings. The first-order chi connectivity index (χ1) is 12.5. The predicted octanol–water partition coefficient (Wildman–Crippen LogP) is 3.15. The summed E-state index contributed by atoms with van der Waals surface area (Å²) < 4.78 is 0. The molecule has 0 spiro atoms. The number of nitrogens with one attached hydrogen (secondary N) is 2. The van der Waals surface area contributed by atoms with Gasteiger partial charge in [0.25, 0.3) is 0 Å². The number of likely N-dealkylation sites (tertiary alicyclic amines) is 1. The van der Waals surface area contributed by atoms with Gasteiger partial charge in [-0.2, -0.15) is 0 Å². The van der Waals surface area contributed by atoms with Gasteiger partial charge < -0.3 is 15.5 Å². The van der Waals surface area contributed by atoms with E-state index in [1.807, 2.05) is 35.4 Å². The SMILES string of the molecule is CC(C)(CNc1ccc(-c2ccccc2)cn1)NCC(=O)N1CCCC1. The van der Waals surface area contributed by atoms with Crippen molar-refractivity contribution in [3.8, 4) is 11.1 Å². The molecule has 1 aromatic heterocycles. The van der Waals surface area contributed by atoms with Crippen LogP contribution in [0.25, 0.3) is 11.1 Å². The molecule has 0 saturated carbocycles. The highest BCUT2D eigenvalue weighted by Gasteiger charge is 2.22. The monoisotopic (exact) mass is 352 g/mol. The number of nitrogens with zero attached hydrogens (tertiary/aromatic N) is 2. The van der Waals surface area contributed by atoms with Crippen LogP contribution < -0.4 is 10.6 Å². The summed E-state index contributed by atoms with van der Waals surface area (Å²) in [6.45, 7) is 7.06. The van der Waals surface area contributed by atoms with Crippen LogP contribution in [0.4, 0.5) is 5.82 Å². The number of rotatable bonds is 7. The van der Waals surface area contributed by atoms with Crippen LogP contribution in [0.3, 0.4) is 0 Å². The number of hydrogen-bond acceptors (Lipinski definition) is 4. The molecule has 3 rings (SSSR count). The van der Waals surface area contributed by atoms with Crippen LogP contribution in [0.1, 0.15) is 26.7 Å². The minimum absolute atomic E-state index is 0.195. The molecule has 1 aromatic carbocycles. The Morgan fingerprint density at radius 3 is 2.46 bits per heavy atom. The fraction of sp³-hybridized carbons (Fsp3) is 0.429. The standard InChI is InChI=1S/C21H28N4O/c1-21(2,24-15-20(26)25-12-6-7-13-25)16-23-19-11-10-18(14-22-19)17-8-4-3-5-9-17/h3-5,8-11,14,24H,6-7,12-13,15-16H2,1-2H3,(H,22,23). The van der Waals surface area contributed by atoms with Gasteiger partial charge in [0.15, 0.2) is 0 Å². The van der Waals surface area contributed by atoms with Crippen molar-refractivity contribution in [2.45, 2.75) is 32.2 Å². The maximum Gasteiger partial charge on any atom is 0.236 e. The molecule has 1 saturated heterocycles. The van der Waals surface area contributed by atoms with E-state index in [-0.39, 0.29) is 11.4 Å². The first kappa shape index (κ1) is 18.4. The van der Waals surface area contributed by atoms with Gasteiger partial charge in [-0.25, -0.2) is 4.98 Å². The Kier molecular flexibility index (Phi) is 5.89. The number of carbonyl (C=O) groups excluding carboxylic acids is 1. The molecule has 1 fully saturated rings. The van der Waals surface area contributed by atoms with Crippen molar-refractivity contribution in [2.24, 2.45) is 0 Å². The molecular formula is C21H28N4O. The summed E-state index contributed by atoms with van der Waals surface area (Å²) in [5, 5.41) is 6.72. The summed E-state index contributed by atoms with van der Waals surface area (Å²) in [4.78, 5) is 18.6. The number of anilines is 1. The molecule has 2 heterocycles. The second-order valence-corrected chi connectivity index (χ2v) is 7.48. The molecule has 2 N–H and O–H groups in total. The quantitative estimate of drug-likeness (QED) is 0.804. The summed E-state index contributed by atoms with van der Waals surface area (Å²) in [5.74, 6) is 1.03.